The summed E-state index contributed by atoms with van der Waals surface area (Å²) in [5, 5.41) is 2.70. The number of anilines is 1. The lowest BCUT2D eigenvalue weighted by Crippen LogP contribution is -2.58. The number of amides is 1. The molecule has 0 bridgehead atoms. The molecule has 11 heteroatoms. The van der Waals surface area contributed by atoms with Crippen LogP contribution < -0.4 is 9.64 Å². The summed E-state index contributed by atoms with van der Waals surface area (Å²) in [6.07, 6.45) is 7.28. The van der Waals surface area contributed by atoms with Crippen LogP contribution in [-0.4, -0.2) is 83.1 Å². The van der Waals surface area contributed by atoms with E-state index in [-0.39, 0.29) is 31.3 Å². The van der Waals surface area contributed by atoms with Crippen LogP contribution in [0, 0.1) is 6.57 Å². The Balaban J connectivity index is 1.23. The molecule has 0 spiro atoms. The van der Waals surface area contributed by atoms with Gasteiger partial charge in [0.05, 0.1) is 23.9 Å². The van der Waals surface area contributed by atoms with E-state index < -0.39 is 17.8 Å². The predicted octanol–water partition coefficient (Wildman–Crippen LogP) is 6.30. The molecule has 0 radical (unpaired) electrons. The number of hydrogen-bond acceptors (Lipinski definition) is 7. The molecule has 5 heterocycles. The lowest BCUT2D eigenvalue weighted by atomic mass is 9.80. The van der Waals surface area contributed by atoms with Gasteiger partial charge >= 0.3 is 6.01 Å². The maximum Gasteiger partial charge on any atom is 0.318 e. The van der Waals surface area contributed by atoms with Crippen LogP contribution in [-0.2, 0) is 22.6 Å². The van der Waals surface area contributed by atoms with Gasteiger partial charge in [0, 0.05) is 42.0 Å². The van der Waals surface area contributed by atoms with E-state index in [1.54, 1.807) is 0 Å². The molecule has 47 heavy (non-hydrogen) atoms. The minimum absolute atomic E-state index is 0.00273. The second kappa shape index (κ2) is 13.4. The Kier molecular flexibility index (Phi) is 9.05. The van der Waals surface area contributed by atoms with Crippen LogP contribution in [0.2, 0.25) is 5.02 Å². The average molecular weight is 659 g/mol. The molecule has 4 aliphatic heterocycles. The Labute approximate surface area is 280 Å². The minimum Gasteiger partial charge on any atom is -0.461 e. The highest BCUT2D eigenvalue weighted by Gasteiger charge is 2.42. The summed E-state index contributed by atoms with van der Waals surface area (Å²) in [5.41, 5.74) is 2.73. The molecular weight excluding hydrogens is 619 g/mol. The molecule has 1 amide bonds. The monoisotopic (exact) mass is 658 g/mol. The number of piperazine rings is 1. The van der Waals surface area contributed by atoms with Crippen molar-refractivity contribution >= 4 is 34.1 Å². The highest BCUT2D eigenvalue weighted by atomic mass is 35.5. The molecule has 1 aromatic heterocycles. The number of carbonyl (C=O) groups excluding carboxylic acids is 1. The Hall–Kier alpha value is -3.78. The molecular formula is C36H40ClFN6O3. The largest absolute Gasteiger partial charge is 0.461 e. The fourth-order valence-electron chi connectivity index (χ4n) is 8.06. The van der Waals surface area contributed by atoms with E-state index in [4.69, 9.17) is 37.6 Å². The number of aromatic nitrogens is 2. The third-order valence-electron chi connectivity index (χ3n) is 10.4. The Bertz CT molecular complexity index is 1710. The van der Waals surface area contributed by atoms with E-state index in [0.29, 0.717) is 43.0 Å². The highest BCUT2D eigenvalue weighted by molar-refractivity contribution is 6.35. The van der Waals surface area contributed by atoms with Gasteiger partial charge in [0.25, 0.3) is 5.91 Å². The zero-order valence-electron chi connectivity index (χ0n) is 26.6. The van der Waals surface area contributed by atoms with Crippen molar-refractivity contribution in [2.75, 3.05) is 50.8 Å². The molecule has 3 aromatic rings. The Morgan fingerprint density at radius 3 is 2.62 bits per heavy atom. The van der Waals surface area contributed by atoms with Gasteiger partial charge in [-0.05, 0) is 55.8 Å². The first-order valence-electron chi connectivity index (χ1n) is 16.7. The number of piperidine rings is 2. The van der Waals surface area contributed by atoms with Crippen molar-refractivity contribution in [3.05, 3.63) is 82.1 Å². The van der Waals surface area contributed by atoms with Gasteiger partial charge in [0.15, 0.2) is 5.83 Å². The summed E-state index contributed by atoms with van der Waals surface area (Å²) in [6.45, 7) is 14.7. The van der Waals surface area contributed by atoms with Crippen molar-refractivity contribution in [3.8, 4) is 6.01 Å². The van der Waals surface area contributed by atoms with Crippen molar-refractivity contribution in [3.63, 3.8) is 0 Å². The number of benzene rings is 2. The topological polar surface area (TPSA) is 75.4 Å². The first-order chi connectivity index (χ1) is 22.9. The summed E-state index contributed by atoms with van der Waals surface area (Å²) in [6, 6.07) is 11.9. The number of halogens is 2. The van der Waals surface area contributed by atoms with Crippen molar-refractivity contribution < 1.29 is 18.7 Å². The quantitative estimate of drug-likeness (QED) is 0.218. The molecule has 9 nitrogen and oxygen atoms in total. The SMILES string of the molecule is [C-]#[N+]C[C@H]1CN(c2nc(OCC34CCCCN3CCCC4)nc3c2COC(c2cccc4cccc(Cl)c24)C3)CCN1C(=O)C(=C)F. The van der Waals surface area contributed by atoms with Crippen molar-refractivity contribution in [1.29, 1.82) is 0 Å². The molecule has 1 unspecified atom stereocenters. The summed E-state index contributed by atoms with van der Waals surface area (Å²) >= 11 is 6.71. The zero-order chi connectivity index (χ0) is 32.5. The second-order valence-corrected chi connectivity index (χ2v) is 13.6. The second-order valence-electron chi connectivity index (χ2n) is 13.2. The van der Waals surface area contributed by atoms with Crippen LogP contribution >= 0.6 is 11.6 Å². The normalized spacial score (nSPS) is 22.7. The number of nitrogens with zero attached hydrogens (tertiary/aromatic N) is 6. The van der Waals surface area contributed by atoms with Gasteiger partial charge in [-0.25, -0.2) is 11.0 Å². The van der Waals surface area contributed by atoms with Gasteiger partial charge in [-0.3, -0.25) is 9.69 Å². The Morgan fingerprint density at radius 1 is 1.11 bits per heavy atom. The van der Waals surface area contributed by atoms with Crippen molar-refractivity contribution in [2.45, 2.75) is 69.2 Å². The van der Waals surface area contributed by atoms with E-state index in [9.17, 15) is 9.18 Å². The first kappa shape index (κ1) is 31.8. The highest BCUT2D eigenvalue weighted by Crippen LogP contribution is 2.41. The maximum atomic E-state index is 13.9. The van der Waals surface area contributed by atoms with Crippen LogP contribution in [0.25, 0.3) is 15.6 Å². The minimum atomic E-state index is -1.02. The fraction of sp³-hybridized carbons (Fsp3) is 0.500. The number of fused-ring (bicyclic) bond motifs is 3. The lowest BCUT2D eigenvalue weighted by Gasteiger charge is -2.49. The van der Waals surface area contributed by atoms with Gasteiger partial charge in [-0.1, -0.05) is 61.4 Å². The van der Waals surface area contributed by atoms with Gasteiger partial charge in [0.2, 0.25) is 6.54 Å². The number of rotatable bonds is 7. The smallest absolute Gasteiger partial charge is 0.318 e. The van der Waals surface area contributed by atoms with Crippen molar-refractivity contribution in [1.82, 2.24) is 19.8 Å². The third-order valence-corrected chi connectivity index (χ3v) is 10.8. The molecule has 0 saturated carbocycles. The molecule has 0 N–H and O–H groups in total. The zero-order valence-corrected chi connectivity index (χ0v) is 27.4. The number of ether oxygens (including phenoxy) is 2. The lowest BCUT2D eigenvalue weighted by molar-refractivity contribution is -0.131. The predicted molar refractivity (Wildman–Crippen MR) is 179 cm³/mol. The third kappa shape index (κ3) is 6.17. The van der Waals surface area contributed by atoms with Crippen LogP contribution in [0.4, 0.5) is 10.2 Å². The van der Waals surface area contributed by atoms with Gasteiger partial charge in [0.1, 0.15) is 18.5 Å². The van der Waals surface area contributed by atoms with E-state index >= 15 is 0 Å². The molecule has 3 fully saturated rings. The average Bonchev–Trinajstić information content (AvgIpc) is 3.10. The first-order valence-corrected chi connectivity index (χ1v) is 17.0. The molecule has 2 aromatic carbocycles. The summed E-state index contributed by atoms with van der Waals surface area (Å²) in [5.74, 6) is -1.10. The molecule has 2 atom stereocenters. The number of carbonyl (C=O) groups is 1. The van der Waals surface area contributed by atoms with E-state index in [2.05, 4.69) is 39.4 Å². The van der Waals surface area contributed by atoms with E-state index in [0.717, 1.165) is 53.5 Å². The van der Waals surface area contributed by atoms with Crippen LogP contribution in [0.1, 0.15) is 61.4 Å². The molecule has 0 aliphatic carbocycles. The standard InChI is InChI=1S/C36H40ClFN6O3/c1-24(38)34(45)44-18-17-42(21-26(44)20-39-2)33-28-22-46-31(27-11-7-9-25-10-8-12-29(37)32(25)27)19-30(28)40-35(41-33)47-23-36-13-3-5-15-43(36)16-6-4-14-36/h7-12,26,31H,1,3-6,13-23H2/t26-,31?/m0/s1. The summed E-state index contributed by atoms with van der Waals surface area (Å²) < 4.78 is 27.0. The molecule has 3 saturated heterocycles. The van der Waals surface area contributed by atoms with Gasteiger partial charge in [-0.15, -0.1) is 0 Å². The summed E-state index contributed by atoms with van der Waals surface area (Å²) in [7, 11) is 0. The van der Waals surface area contributed by atoms with Crippen LogP contribution in [0.15, 0.2) is 48.8 Å². The Morgan fingerprint density at radius 2 is 1.87 bits per heavy atom. The van der Waals surface area contributed by atoms with E-state index in [1.807, 2.05) is 18.2 Å². The van der Waals surface area contributed by atoms with Crippen LogP contribution in [0.5, 0.6) is 6.01 Å². The number of hydrogen-bond donors (Lipinski definition) is 0. The van der Waals surface area contributed by atoms with Crippen LogP contribution in [0.3, 0.4) is 0 Å². The van der Waals surface area contributed by atoms with Crippen molar-refractivity contribution in [2.24, 2.45) is 0 Å². The van der Waals surface area contributed by atoms with Gasteiger partial charge < -0.3 is 24.1 Å². The van der Waals surface area contributed by atoms with E-state index in [1.165, 1.54) is 30.6 Å². The van der Waals surface area contributed by atoms with Gasteiger partial charge in [-0.2, -0.15) is 9.97 Å². The fourth-order valence-corrected chi connectivity index (χ4v) is 8.35. The molecule has 246 valence electrons. The molecule has 4 aliphatic rings. The summed E-state index contributed by atoms with van der Waals surface area (Å²) in [4.78, 5) is 32.3. The maximum absolute atomic E-state index is 13.9. The molecule has 7 rings (SSSR count).